The summed E-state index contributed by atoms with van der Waals surface area (Å²) in [6.07, 6.45) is 6.09. The lowest BCUT2D eigenvalue weighted by Gasteiger charge is -2.46. The summed E-state index contributed by atoms with van der Waals surface area (Å²) < 4.78 is 1.72. The van der Waals surface area contributed by atoms with Crippen LogP contribution in [0.2, 0.25) is 0 Å². The fourth-order valence-electron chi connectivity index (χ4n) is 4.91. The minimum Gasteiger partial charge on any atom is -0.310 e. The molecule has 26 heavy (non-hydrogen) atoms. The van der Waals surface area contributed by atoms with Crippen molar-refractivity contribution < 1.29 is 4.79 Å². The number of carbonyl (C=O) groups excluding carboxylic acids is 1. The van der Waals surface area contributed by atoms with Gasteiger partial charge in [-0.15, -0.1) is 0 Å². The number of amides is 1. The lowest BCUT2D eigenvalue weighted by atomic mass is 9.66. The average molecular weight is 352 g/mol. The molecule has 1 spiro atoms. The number of nitrogens with one attached hydrogen (secondary N) is 1. The van der Waals surface area contributed by atoms with Crippen LogP contribution < -0.4 is 5.32 Å². The summed E-state index contributed by atoms with van der Waals surface area (Å²) in [5.41, 5.74) is 4.18. The number of nitrogens with zero attached hydrogens (tertiary/aromatic N) is 3. The van der Waals surface area contributed by atoms with Crippen LogP contribution in [0, 0.1) is 6.92 Å². The maximum absolute atomic E-state index is 12.6. The van der Waals surface area contributed by atoms with Crippen LogP contribution in [0.5, 0.6) is 0 Å². The Morgan fingerprint density at radius 2 is 2.08 bits per heavy atom. The maximum Gasteiger partial charge on any atom is 0.239 e. The van der Waals surface area contributed by atoms with Gasteiger partial charge in [0, 0.05) is 25.1 Å². The van der Waals surface area contributed by atoms with E-state index in [9.17, 15) is 4.79 Å². The zero-order chi connectivity index (χ0) is 18.1. The normalized spacial score (nSPS) is 23.0. The molecule has 2 aliphatic rings. The Kier molecular flexibility index (Phi) is 4.57. The Hall–Kier alpha value is -2.14. The van der Waals surface area contributed by atoms with Crippen molar-refractivity contribution >= 4 is 11.7 Å². The first-order valence-corrected chi connectivity index (χ1v) is 9.67. The van der Waals surface area contributed by atoms with E-state index in [1.165, 1.54) is 36.8 Å². The van der Waals surface area contributed by atoms with E-state index in [0.717, 1.165) is 31.0 Å². The molecule has 138 valence electrons. The van der Waals surface area contributed by atoms with Gasteiger partial charge in [-0.3, -0.25) is 14.4 Å². The number of benzene rings is 1. The smallest absolute Gasteiger partial charge is 0.239 e. The number of likely N-dealkylation sites (tertiary alicyclic amines) is 1. The molecule has 1 unspecified atom stereocenters. The second-order valence-electron chi connectivity index (χ2n) is 7.95. The van der Waals surface area contributed by atoms with Gasteiger partial charge in [-0.25, -0.2) is 0 Å². The van der Waals surface area contributed by atoms with Crippen LogP contribution in [0.15, 0.2) is 30.3 Å². The molecule has 2 heterocycles. The van der Waals surface area contributed by atoms with Crippen molar-refractivity contribution in [2.75, 3.05) is 25.0 Å². The van der Waals surface area contributed by atoms with Gasteiger partial charge in [0.2, 0.25) is 5.91 Å². The van der Waals surface area contributed by atoms with Gasteiger partial charge in [0.15, 0.2) is 0 Å². The van der Waals surface area contributed by atoms with Crippen LogP contribution in [0.4, 0.5) is 5.82 Å². The number of hydrogen-bond acceptors (Lipinski definition) is 3. The highest BCUT2D eigenvalue weighted by atomic mass is 16.2. The predicted molar refractivity (Wildman–Crippen MR) is 103 cm³/mol. The van der Waals surface area contributed by atoms with Crippen molar-refractivity contribution in [3.8, 4) is 0 Å². The monoisotopic (exact) mass is 352 g/mol. The van der Waals surface area contributed by atoms with Crippen molar-refractivity contribution in [1.29, 1.82) is 0 Å². The number of aromatic nitrogens is 2. The summed E-state index contributed by atoms with van der Waals surface area (Å²) in [5, 5.41) is 7.30. The minimum absolute atomic E-state index is 0.0501. The first-order chi connectivity index (χ1) is 12.6. The van der Waals surface area contributed by atoms with Gasteiger partial charge in [-0.1, -0.05) is 24.3 Å². The lowest BCUT2D eigenvalue weighted by Crippen LogP contribution is -2.49. The van der Waals surface area contributed by atoms with Crippen LogP contribution in [0.1, 0.15) is 42.5 Å². The molecule has 1 saturated heterocycles. The maximum atomic E-state index is 12.6. The number of fused-ring (bicyclic) bond motifs is 2. The molecule has 1 aromatic heterocycles. The number of aryl methyl sites for hydroxylation is 3. The first kappa shape index (κ1) is 17.3. The van der Waals surface area contributed by atoms with E-state index in [1.807, 2.05) is 20.0 Å². The summed E-state index contributed by atoms with van der Waals surface area (Å²) in [6.45, 7) is 4.38. The molecule has 4 rings (SSSR count). The second kappa shape index (κ2) is 6.88. The highest BCUT2D eigenvalue weighted by Crippen LogP contribution is 2.43. The van der Waals surface area contributed by atoms with Crippen LogP contribution in [0.25, 0.3) is 0 Å². The molecule has 1 atom stereocenters. The number of hydrogen-bond donors (Lipinski definition) is 1. The number of anilines is 1. The van der Waals surface area contributed by atoms with Crippen LogP contribution in [0.3, 0.4) is 0 Å². The van der Waals surface area contributed by atoms with Gasteiger partial charge in [-0.05, 0) is 56.7 Å². The third-order valence-corrected chi connectivity index (χ3v) is 5.98. The van der Waals surface area contributed by atoms with Crippen molar-refractivity contribution in [2.45, 2.75) is 44.4 Å². The molecule has 1 aromatic carbocycles. The van der Waals surface area contributed by atoms with Crippen LogP contribution >= 0.6 is 0 Å². The lowest BCUT2D eigenvalue weighted by molar-refractivity contribution is -0.117. The minimum atomic E-state index is 0.0501. The van der Waals surface area contributed by atoms with Gasteiger partial charge in [0.05, 0.1) is 12.2 Å². The van der Waals surface area contributed by atoms with E-state index in [1.54, 1.807) is 4.68 Å². The summed E-state index contributed by atoms with van der Waals surface area (Å²) in [6, 6.07) is 10.8. The van der Waals surface area contributed by atoms with E-state index >= 15 is 0 Å². The molecule has 1 amide bonds. The summed E-state index contributed by atoms with van der Waals surface area (Å²) >= 11 is 0. The fraction of sp³-hybridized carbons (Fsp3) is 0.524. The van der Waals surface area contributed by atoms with E-state index in [4.69, 9.17) is 0 Å². The van der Waals surface area contributed by atoms with E-state index in [0.29, 0.717) is 6.54 Å². The molecule has 5 nitrogen and oxygen atoms in total. The van der Waals surface area contributed by atoms with E-state index in [2.05, 4.69) is 39.6 Å². The molecule has 2 aromatic rings. The van der Waals surface area contributed by atoms with E-state index in [-0.39, 0.29) is 11.3 Å². The molecule has 1 N–H and O–H groups in total. The number of piperidine rings is 1. The van der Waals surface area contributed by atoms with Crippen molar-refractivity contribution in [3.63, 3.8) is 0 Å². The Bertz CT molecular complexity index is 812. The topological polar surface area (TPSA) is 50.2 Å². The summed E-state index contributed by atoms with van der Waals surface area (Å²) in [7, 11) is 1.86. The zero-order valence-electron chi connectivity index (χ0n) is 15.8. The van der Waals surface area contributed by atoms with Gasteiger partial charge in [-0.2, -0.15) is 5.10 Å². The number of rotatable bonds is 3. The third-order valence-electron chi connectivity index (χ3n) is 5.98. The molecule has 0 bridgehead atoms. The molecule has 1 aliphatic heterocycles. The SMILES string of the molecule is Cc1cc(NC(=O)CN2CCCC3(CCCc4ccccc43)C2)n(C)n1. The van der Waals surface area contributed by atoms with Gasteiger partial charge >= 0.3 is 0 Å². The van der Waals surface area contributed by atoms with Crippen molar-refractivity contribution in [2.24, 2.45) is 7.05 Å². The fourth-order valence-corrected chi connectivity index (χ4v) is 4.91. The Labute approximate surface area is 155 Å². The predicted octanol–water partition coefficient (Wildman–Crippen LogP) is 3.04. The average Bonchev–Trinajstić information content (AvgIpc) is 2.92. The van der Waals surface area contributed by atoms with E-state index < -0.39 is 0 Å². The Balaban J connectivity index is 1.46. The van der Waals surface area contributed by atoms with Crippen molar-refractivity contribution in [3.05, 3.63) is 47.2 Å². The molecule has 0 radical (unpaired) electrons. The molecule has 1 aliphatic carbocycles. The molecular weight excluding hydrogens is 324 g/mol. The van der Waals surface area contributed by atoms with Crippen molar-refractivity contribution in [1.82, 2.24) is 14.7 Å². The van der Waals surface area contributed by atoms with Gasteiger partial charge in [0.1, 0.15) is 5.82 Å². The van der Waals surface area contributed by atoms with Crippen LogP contribution in [-0.4, -0.2) is 40.2 Å². The molecule has 0 saturated carbocycles. The Morgan fingerprint density at radius 3 is 2.88 bits per heavy atom. The highest BCUT2D eigenvalue weighted by molar-refractivity contribution is 5.91. The molecular formula is C21H28N4O. The second-order valence-corrected chi connectivity index (χ2v) is 7.95. The zero-order valence-corrected chi connectivity index (χ0v) is 15.8. The quantitative estimate of drug-likeness (QED) is 0.924. The van der Waals surface area contributed by atoms with Gasteiger partial charge < -0.3 is 5.32 Å². The third kappa shape index (κ3) is 3.28. The standard InChI is InChI=1S/C21H28N4O/c1-16-13-19(24(2)23-16)22-20(26)14-25-12-6-11-21(15-25)10-5-8-17-7-3-4-9-18(17)21/h3-4,7,9,13H,5-6,8,10-12,14-15H2,1-2H3,(H,22,26). The van der Waals surface area contributed by atoms with Gasteiger partial charge in [0.25, 0.3) is 0 Å². The Morgan fingerprint density at radius 1 is 1.27 bits per heavy atom. The first-order valence-electron chi connectivity index (χ1n) is 9.67. The largest absolute Gasteiger partial charge is 0.310 e. The number of carbonyl (C=O) groups is 1. The van der Waals surface area contributed by atoms with Crippen LogP contribution in [-0.2, 0) is 23.7 Å². The molecule has 5 heteroatoms. The summed E-state index contributed by atoms with van der Waals surface area (Å²) in [4.78, 5) is 14.9. The highest BCUT2D eigenvalue weighted by Gasteiger charge is 2.40. The summed E-state index contributed by atoms with van der Waals surface area (Å²) in [5.74, 6) is 0.816. The molecule has 1 fully saturated rings.